The first-order valence-corrected chi connectivity index (χ1v) is 9.56. The standard InChI is InChI=1S/C22H31N3O3/c1-4-27-12-13-28-17-20-7-5-6-19(14-20)16-25-22(23-2)24-15-18-8-10-21(26-3)11-9-18/h5-11,14H,4,12-13,15-17H2,1-3H3,(H2,23,24,25). The molecule has 0 unspecified atom stereocenters. The van der Waals surface area contributed by atoms with E-state index in [-0.39, 0.29) is 0 Å². The Bertz CT molecular complexity index is 717. The van der Waals surface area contributed by atoms with Crippen LogP contribution in [0.1, 0.15) is 23.6 Å². The van der Waals surface area contributed by atoms with E-state index in [1.54, 1.807) is 14.2 Å². The third-order valence-corrected chi connectivity index (χ3v) is 4.14. The van der Waals surface area contributed by atoms with Gasteiger partial charge < -0.3 is 24.8 Å². The molecule has 0 saturated heterocycles. The Morgan fingerprint density at radius 1 is 0.893 bits per heavy atom. The van der Waals surface area contributed by atoms with E-state index in [2.05, 4.69) is 33.8 Å². The van der Waals surface area contributed by atoms with Crippen molar-refractivity contribution in [2.75, 3.05) is 34.0 Å². The molecule has 152 valence electrons. The number of ether oxygens (including phenoxy) is 3. The summed E-state index contributed by atoms with van der Waals surface area (Å²) in [4.78, 5) is 4.28. The molecule has 2 N–H and O–H groups in total. The second kappa shape index (κ2) is 12.8. The zero-order valence-corrected chi connectivity index (χ0v) is 17.0. The van der Waals surface area contributed by atoms with Crippen molar-refractivity contribution < 1.29 is 14.2 Å². The lowest BCUT2D eigenvalue weighted by Gasteiger charge is -2.13. The first kappa shape index (κ1) is 21.7. The maximum Gasteiger partial charge on any atom is 0.191 e. The van der Waals surface area contributed by atoms with Gasteiger partial charge in [-0.1, -0.05) is 36.4 Å². The molecule has 2 rings (SSSR count). The number of benzene rings is 2. The fourth-order valence-corrected chi connectivity index (χ4v) is 2.62. The highest BCUT2D eigenvalue weighted by molar-refractivity contribution is 5.79. The third kappa shape index (κ3) is 7.98. The minimum absolute atomic E-state index is 0.589. The maximum absolute atomic E-state index is 5.64. The minimum atomic E-state index is 0.589. The Morgan fingerprint density at radius 2 is 1.57 bits per heavy atom. The number of aliphatic imine (C=N–C) groups is 1. The van der Waals surface area contributed by atoms with E-state index in [9.17, 15) is 0 Å². The fourth-order valence-electron chi connectivity index (χ4n) is 2.62. The third-order valence-electron chi connectivity index (χ3n) is 4.14. The molecule has 0 atom stereocenters. The van der Waals surface area contributed by atoms with Gasteiger partial charge in [-0.05, 0) is 35.7 Å². The smallest absolute Gasteiger partial charge is 0.191 e. The summed E-state index contributed by atoms with van der Waals surface area (Å²) in [6, 6.07) is 16.3. The lowest BCUT2D eigenvalue weighted by molar-refractivity contribution is 0.0453. The zero-order valence-electron chi connectivity index (χ0n) is 17.0. The molecule has 0 aromatic heterocycles. The zero-order chi connectivity index (χ0) is 20.0. The summed E-state index contributed by atoms with van der Waals surface area (Å²) in [6.45, 7) is 5.92. The van der Waals surface area contributed by atoms with Crippen LogP contribution >= 0.6 is 0 Å². The molecule has 0 amide bonds. The number of rotatable bonds is 11. The first-order chi connectivity index (χ1) is 13.7. The van der Waals surface area contributed by atoms with Crippen molar-refractivity contribution in [3.8, 4) is 5.75 Å². The number of nitrogens with one attached hydrogen (secondary N) is 2. The van der Waals surface area contributed by atoms with E-state index in [0.717, 1.165) is 29.4 Å². The number of nitrogens with zero attached hydrogens (tertiary/aromatic N) is 1. The fraction of sp³-hybridized carbons (Fsp3) is 0.409. The Kier molecular flexibility index (Phi) is 9.89. The highest BCUT2D eigenvalue weighted by Gasteiger charge is 2.01. The molecule has 0 bridgehead atoms. The van der Waals surface area contributed by atoms with Crippen LogP contribution < -0.4 is 15.4 Å². The van der Waals surface area contributed by atoms with Crippen molar-refractivity contribution in [2.45, 2.75) is 26.6 Å². The van der Waals surface area contributed by atoms with Crippen molar-refractivity contribution in [1.82, 2.24) is 10.6 Å². The Balaban J connectivity index is 1.76. The largest absolute Gasteiger partial charge is 0.497 e. The summed E-state index contributed by atoms with van der Waals surface area (Å²) in [5, 5.41) is 6.66. The van der Waals surface area contributed by atoms with E-state index >= 15 is 0 Å². The summed E-state index contributed by atoms with van der Waals surface area (Å²) in [5.41, 5.74) is 3.49. The van der Waals surface area contributed by atoms with E-state index in [1.807, 2.05) is 37.3 Å². The van der Waals surface area contributed by atoms with Gasteiger partial charge in [0.05, 0.1) is 26.9 Å². The van der Waals surface area contributed by atoms with Crippen LogP contribution in [0.15, 0.2) is 53.5 Å². The monoisotopic (exact) mass is 385 g/mol. The van der Waals surface area contributed by atoms with E-state index < -0.39 is 0 Å². The van der Waals surface area contributed by atoms with Crippen LogP contribution in [0.4, 0.5) is 0 Å². The van der Waals surface area contributed by atoms with Gasteiger partial charge in [0.1, 0.15) is 5.75 Å². The van der Waals surface area contributed by atoms with Gasteiger partial charge in [-0.15, -0.1) is 0 Å². The molecule has 0 fully saturated rings. The summed E-state index contributed by atoms with van der Waals surface area (Å²) in [5.74, 6) is 1.61. The predicted octanol–water partition coefficient (Wildman–Crippen LogP) is 3.11. The van der Waals surface area contributed by atoms with E-state index in [1.165, 1.54) is 5.56 Å². The van der Waals surface area contributed by atoms with Crippen LogP contribution in [-0.4, -0.2) is 39.9 Å². The van der Waals surface area contributed by atoms with E-state index in [4.69, 9.17) is 14.2 Å². The molecular weight excluding hydrogens is 354 g/mol. The molecule has 2 aromatic rings. The van der Waals surface area contributed by atoms with Crippen molar-refractivity contribution in [2.24, 2.45) is 4.99 Å². The number of methoxy groups -OCH3 is 1. The second-order valence-electron chi connectivity index (χ2n) is 6.20. The SMILES string of the molecule is CCOCCOCc1cccc(CNC(=NC)NCc2ccc(OC)cc2)c1. The van der Waals surface area contributed by atoms with Crippen LogP contribution in [0.25, 0.3) is 0 Å². The lowest BCUT2D eigenvalue weighted by Crippen LogP contribution is -2.36. The van der Waals surface area contributed by atoms with E-state index in [0.29, 0.717) is 32.9 Å². The summed E-state index contributed by atoms with van der Waals surface area (Å²) in [7, 11) is 3.44. The molecule has 0 radical (unpaired) electrons. The highest BCUT2D eigenvalue weighted by atomic mass is 16.5. The second-order valence-corrected chi connectivity index (χ2v) is 6.20. The van der Waals surface area contributed by atoms with Gasteiger partial charge in [0.25, 0.3) is 0 Å². The molecule has 0 aliphatic carbocycles. The molecule has 2 aromatic carbocycles. The predicted molar refractivity (Wildman–Crippen MR) is 113 cm³/mol. The van der Waals surface area contributed by atoms with Crippen molar-refractivity contribution >= 4 is 5.96 Å². The quantitative estimate of drug-likeness (QED) is 0.353. The van der Waals surface area contributed by atoms with Crippen LogP contribution in [0.5, 0.6) is 5.75 Å². The average Bonchev–Trinajstić information content (AvgIpc) is 2.74. The van der Waals surface area contributed by atoms with Gasteiger partial charge in [-0.3, -0.25) is 4.99 Å². The number of hydrogen-bond donors (Lipinski definition) is 2. The van der Waals surface area contributed by atoms with Crippen molar-refractivity contribution in [1.29, 1.82) is 0 Å². The molecule has 28 heavy (non-hydrogen) atoms. The van der Waals surface area contributed by atoms with Gasteiger partial charge >= 0.3 is 0 Å². The van der Waals surface area contributed by atoms with Gasteiger partial charge in [0.2, 0.25) is 0 Å². The van der Waals surface area contributed by atoms with Gasteiger partial charge in [0, 0.05) is 26.7 Å². The number of guanidine groups is 1. The number of hydrogen-bond acceptors (Lipinski definition) is 4. The topological polar surface area (TPSA) is 64.1 Å². The van der Waals surface area contributed by atoms with Gasteiger partial charge in [0.15, 0.2) is 5.96 Å². The summed E-state index contributed by atoms with van der Waals surface area (Å²) in [6.07, 6.45) is 0. The van der Waals surface area contributed by atoms with Gasteiger partial charge in [-0.2, -0.15) is 0 Å². The average molecular weight is 386 g/mol. The molecule has 6 heteroatoms. The molecule has 0 aliphatic rings. The normalized spacial score (nSPS) is 11.3. The summed E-state index contributed by atoms with van der Waals surface area (Å²) >= 11 is 0. The Labute approximate surface area is 167 Å². The van der Waals surface area contributed by atoms with Crippen molar-refractivity contribution in [3.05, 3.63) is 65.2 Å². The summed E-state index contributed by atoms with van der Waals surface area (Å²) < 4.78 is 16.1. The molecule has 6 nitrogen and oxygen atoms in total. The highest BCUT2D eigenvalue weighted by Crippen LogP contribution is 2.11. The molecule has 0 saturated carbocycles. The molecule has 0 aliphatic heterocycles. The van der Waals surface area contributed by atoms with Crippen LogP contribution in [-0.2, 0) is 29.2 Å². The first-order valence-electron chi connectivity index (χ1n) is 9.56. The molecule has 0 heterocycles. The Morgan fingerprint density at radius 3 is 2.25 bits per heavy atom. The van der Waals surface area contributed by atoms with Crippen LogP contribution in [0, 0.1) is 0 Å². The van der Waals surface area contributed by atoms with Crippen LogP contribution in [0.3, 0.4) is 0 Å². The lowest BCUT2D eigenvalue weighted by atomic mass is 10.1. The minimum Gasteiger partial charge on any atom is -0.497 e. The molecule has 0 spiro atoms. The Hall–Kier alpha value is -2.57. The van der Waals surface area contributed by atoms with Crippen molar-refractivity contribution in [3.63, 3.8) is 0 Å². The maximum atomic E-state index is 5.64. The molecular formula is C22H31N3O3. The van der Waals surface area contributed by atoms with Crippen LogP contribution in [0.2, 0.25) is 0 Å². The van der Waals surface area contributed by atoms with Gasteiger partial charge in [-0.25, -0.2) is 0 Å².